The van der Waals surface area contributed by atoms with Gasteiger partial charge in [0.2, 0.25) is 0 Å². The monoisotopic (exact) mass is 675 g/mol. The van der Waals surface area contributed by atoms with Gasteiger partial charge in [0.25, 0.3) is 27.3 Å². The second-order valence-electron chi connectivity index (χ2n) is 9.15. The van der Waals surface area contributed by atoms with Gasteiger partial charge < -0.3 is 4.74 Å². The normalized spacial score (nSPS) is 11.1. The fourth-order valence-corrected chi connectivity index (χ4v) is 6.00. The molecule has 0 aliphatic rings. The van der Waals surface area contributed by atoms with Crippen LogP contribution in [-0.4, -0.2) is 30.1 Å². The quantitative estimate of drug-likeness (QED) is 0.0754. The van der Waals surface area contributed by atoms with Gasteiger partial charge in [0, 0.05) is 45.1 Å². The third kappa shape index (κ3) is 5.88. The van der Waals surface area contributed by atoms with Crippen LogP contribution in [0.15, 0.2) is 119 Å². The molecule has 0 spiro atoms. The maximum atomic E-state index is 14.0. The molecule has 14 heteroatoms. The zero-order chi connectivity index (χ0) is 31.6. The third-order valence-electron chi connectivity index (χ3n) is 6.46. The Morgan fingerprint density at radius 3 is 1.75 bits per heavy atom. The van der Waals surface area contributed by atoms with Crippen LogP contribution in [0.5, 0.6) is 5.75 Å². The minimum atomic E-state index is -4.56. The number of nitro groups is 2. The molecular weight excluding hydrogens is 658 g/mol. The smallest absolute Gasteiger partial charge is 0.343 e. The highest BCUT2D eigenvalue weighted by molar-refractivity contribution is 9.10. The Bertz CT molecular complexity index is 2050. The number of carbonyl (C=O) groups excluding carboxylic acids is 2. The molecule has 0 bridgehead atoms. The van der Waals surface area contributed by atoms with Crippen molar-refractivity contribution in [2.75, 3.05) is 4.31 Å². The first kappa shape index (κ1) is 30.0. The van der Waals surface area contributed by atoms with Crippen molar-refractivity contribution in [3.05, 3.63) is 145 Å². The van der Waals surface area contributed by atoms with Crippen molar-refractivity contribution in [3.8, 4) is 5.75 Å². The number of rotatable bonds is 8. The number of non-ortho nitro benzene ring substituents is 2. The first-order chi connectivity index (χ1) is 21.0. The molecule has 0 saturated heterocycles. The van der Waals surface area contributed by atoms with Crippen LogP contribution in [0.2, 0.25) is 0 Å². The van der Waals surface area contributed by atoms with Gasteiger partial charge in [-0.15, -0.1) is 0 Å². The van der Waals surface area contributed by atoms with Gasteiger partial charge in [-0.05, 0) is 60.7 Å². The predicted molar refractivity (Wildman–Crippen MR) is 163 cm³/mol. The first-order valence-electron chi connectivity index (χ1n) is 12.6. The SMILES string of the molecule is O=C(Oc1ccc(N(C(=O)c2ccc([N+](=O)[O-])cc2)S(=O)(=O)c2ccc(Br)cc2)c2ccccc12)c1ccc([N+](=O)[O-])cc1. The summed E-state index contributed by atoms with van der Waals surface area (Å²) in [4.78, 5) is 47.5. The molecule has 0 atom stereocenters. The Kier molecular flexibility index (Phi) is 8.20. The Morgan fingerprint density at radius 1 is 0.682 bits per heavy atom. The van der Waals surface area contributed by atoms with Gasteiger partial charge >= 0.3 is 5.97 Å². The molecule has 5 aromatic carbocycles. The number of fused-ring (bicyclic) bond motifs is 1. The van der Waals surface area contributed by atoms with Crippen LogP contribution < -0.4 is 9.04 Å². The summed E-state index contributed by atoms with van der Waals surface area (Å²) in [7, 11) is -4.56. The maximum absolute atomic E-state index is 14.0. The lowest BCUT2D eigenvalue weighted by molar-refractivity contribution is -0.385. The molecular formula is C30H18BrN3O9S. The van der Waals surface area contributed by atoms with Crippen molar-refractivity contribution >= 4 is 65.7 Å². The number of nitro benzene ring substituents is 2. The summed E-state index contributed by atoms with van der Waals surface area (Å²) < 4.78 is 34.9. The number of sulfonamides is 1. The maximum Gasteiger partial charge on any atom is 0.343 e. The highest BCUT2D eigenvalue weighted by Gasteiger charge is 2.34. The first-order valence-corrected chi connectivity index (χ1v) is 14.8. The van der Waals surface area contributed by atoms with Crippen molar-refractivity contribution in [1.29, 1.82) is 0 Å². The van der Waals surface area contributed by atoms with Crippen molar-refractivity contribution in [1.82, 2.24) is 0 Å². The number of ether oxygens (including phenoxy) is 1. The standard InChI is InChI=1S/C30H18BrN3O9S/c31-21-9-15-24(16-10-21)44(41,42)32(29(35)19-5-11-22(12-6-19)33(37)38)27-17-18-28(26-4-2-1-3-25(26)27)43-30(36)20-7-13-23(14-8-20)34(39)40/h1-18H. The molecule has 1 amide bonds. The summed E-state index contributed by atoms with van der Waals surface area (Å²) in [6.45, 7) is 0. The predicted octanol–water partition coefficient (Wildman–Crippen LogP) is 6.67. The molecule has 5 rings (SSSR count). The fraction of sp³-hybridized carbons (Fsp3) is 0. The highest BCUT2D eigenvalue weighted by Crippen LogP contribution is 2.38. The molecule has 12 nitrogen and oxygen atoms in total. The summed E-state index contributed by atoms with van der Waals surface area (Å²) in [5.41, 5.74) is -0.651. The molecule has 0 N–H and O–H groups in total. The molecule has 5 aromatic rings. The lowest BCUT2D eigenvalue weighted by Gasteiger charge is -2.25. The van der Waals surface area contributed by atoms with Crippen molar-refractivity contribution in [2.24, 2.45) is 0 Å². The minimum Gasteiger partial charge on any atom is -0.422 e. The molecule has 220 valence electrons. The van der Waals surface area contributed by atoms with E-state index >= 15 is 0 Å². The molecule has 0 heterocycles. The fourth-order valence-electron chi connectivity index (χ4n) is 4.30. The second-order valence-corrected chi connectivity index (χ2v) is 11.9. The van der Waals surface area contributed by atoms with Gasteiger partial charge in [0.05, 0.1) is 26.0 Å². The van der Waals surface area contributed by atoms with E-state index in [1.54, 1.807) is 24.3 Å². The van der Waals surface area contributed by atoms with E-state index in [0.29, 0.717) is 8.78 Å². The number of benzene rings is 5. The van der Waals surface area contributed by atoms with Crippen LogP contribution >= 0.6 is 15.9 Å². The summed E-state index contributed by atoms with van der Waals surface area (Å²) >= 11 is 3.26. The van der Waals surface area contributed by atoms with Gasteiger partial charge in [-0.1, -0.05) is 40.2 Å². The highest BCUT2D eigenvalue weighted by atomic mass is 79.9. The molecule has 0 unspecified atom stereocenters. The lowest BCUT2D eigenvalue weighted by Crippen LogP contribution is -2.37. The third-order valence-corrected chi connectivity index (χ3v) is 8.70. The summed E-state index contributed by atoms with van der Waals surface area (Å²) in [5, 5.41) is 22.6. The number of carbonyl (C=O) groups is 2. The van der Waals surface area contributed by atoms with E-state index in [4.69, 9.17) is 4.74 Å². The van der Waals surface area contributed by atoms with E-state index in [1.807, 2.05) is 0 Å². The van der Waals surface area contributed by atoms with Gasteiger partial charge in [-0.25, -0.2) is 13.2 Å². The summed E-state index contributed by atoms with van der Waals surface area (Å²) in [6.07, 6.45) is 0. The van der Waals surface area contributed by atoms with Crippen LogP contribution in [0, 0.1) is 20.2 Å². The second kappa shape index (κ2) is 12.0. The summed E-state index contributed by atoms with van der Waals surface area (Å²) in [6, 6.07) is 23.9. The summed E-state index contributed by atoms with van der Waals surface area (Å²) in [5.74, 6) is -1.76. The number of halogens is 1. The van der Waals surface area contributed by atoms with E-state index in [-0.39, 0.29) is 49.6 Å². The average molecular weight is 676 g/mol. The molecule has 44 heavy (non-hydrogen) atoms. The van der Waals surface area contributed by atoms with E-state index in [9.17, 15) is 38.2 Å². The Morgan fingerprint density at radius 2 is 1.20 bits per heavy atom. The van der Waals surface area contributed by atoms with Crippen LogP contribution in [0.4, 0.5) is 17.1 Å². The molecule has 0 aromatic heterocycles. The van der Waals surface area contributed by atoms with Gasteiger partial charge in [-0.2, -0.15) is 4.31 Å². The van der Waals surface area contributed by atoms with Crippen molar-refractivity contribution < 1.29 is 32.6 Å². The van der Waals surface area contributed by atoms with Crippen LogP contribution in [0.25, 0.3) is 10.8 Å². The number of hydrogen-bond acceptors (Lipinski definition) is 9. The van der Waals surface area contributed by atoms with Crippen LogP contribution in [-0.2, 0) is 10.0 Å². The number of hydrogen-bond donors (Lipinski definition) is 0. The van der Waals surface area contributed by atoms with E-state index in [1.165, 1.54) is 48.5 Å². The van der Waals surface area contributed by atoms with E-state index < -0.39 is 31.7 Å². The minimum absolute atomic E-state index is 0.0384. The average Bonchev–Trinajstić information content (AvgIpc) is 3.02. The largest absolute Gasteiger partial charge is 0.422 e. The lowest BCUT2D eigenvalue weighted by atomic mass is 10.1. The molecule has 0 radical (unpaired) electrons. The molecule has 0 aliphatic carbocycles. The van der Waals surface area contributed by atoms with Crippen LogP contribution in [0.1, 0.15) is 20.7 Å². The Labute approximate surface area is 257 Å². The topological polar surface area (TPSA) is 167 Å². The molecule has 0 aliphatic heterocycles. The Hall–Kier alpha value is -5.47. The van der Waals surface area contributed by atoms with E-state index in [2.05, 4.69) is 15.9 Å². The number of anilines is 1. The Balaban J connectivity index is 1.62. The van der Waals surface area contributed by atoms with Gasteiger partial charge in [0.15, 0.2) is 0 Å². The van der Waals surface area contributed by atoms with Gasteiger partial charge in [-0.3, -0.25) is 25.0 Å². The molecule has 0 fully saturated rings. The molecule has 0 saturated carbocycles. The number of esters is 1. The van der Waals surface area contributed by atoms with Crippen LogP contribution in [0.3, 0.4) is 0 Å². The van der Waals surface area contributed by atoms with Crippen molar-refractivity contribution in [2.45, 2.75) is 4.90 Å². The number of nitrogens with zero attached hydrogens (tertiary/aromatic N) is 3. The zero-order valence-electron chi connectivity index (χ0n) is 22.2. The van der Waals surface area contributed by atoms with E-state index in [0.717, 1.165) is 36.4 Å². The zero-order valence-corrected chi connectivity index (χ0v) is 24.6. The van der Waals surface area contributed by atoms with Gasteiger partial charge in [0.1, 0.15) is 5.75 Å². The number of amides is 1. The van der Waals surface area contributed by atoms with Crippen molar-refractivity contribution in [3.63, 3.8) is 0 Å².